The third-order valence-electron chi connectivity index (χ3n) is 7.36. The molecule has 4 atom stereocenters. The van der Waals surface area contributed by atoms with E-state index in [1.54, 1.807) is 6.92 Å². The lowest BCUT2D eigenvalue weighted by Gasteiger charge is -2.42. The van der Waals surface area contributed by atoms with Crippen LogP contribution in [-0.4, -0.2) is 63.8 Å². The number of amides is 2. The summed E-state index contributed by atoms with van der Waals surface area (Å²) >= 11 is 0. The van der Waals surface area contributed by atoms with Crippen molar-refractivity contribution in [2.45, 2.75) is 50.2 Å². The van der Waals surface area contributed by atoms with Crippen LogP contribution in [0.1, 0.15) is 52.2 Å². The van der Waals surface area contributed by atoms with Crippen molar-refractivity contribution >= 4 is 17.7 Å². The average Bonchev–Trinajstić information content (AvgIpc) is 3.12. The van der Waals surface area contributed by atoms with Gasteiger partial charge in [-0.2, -0.15) is 0 Å². The lowest BCUT2D eigenvalue weighted by molar-refractivity contribution is -0.0960. The van der Waals surface area contributed by atoms with Gasteiger partial charge in [-0.1, -0.05) is 0 Å². The Labute approximate surface area is 212 Å². The maximum Gasteiger partial charge on any atom is 0.274 e. The summed E-state index contributed by atoms with van der Waals surface area (Å²) in [6.07, 6.45) is -0.509. The van der Waals surface area contributed by atoms with E-state index in [-0.39, 0.29) is 18.9 Å². The zero-order chi connectivity index (χ0) is 27.5. The Morgan fingerprint density at radius 2 is 1.97 bits per heavy atom. The number of methoxy groups -OCH3 is 1. The highest BCUT2D eigenvalue weighted by Crippen LogP contribution is 2.47. The molecule has 0 radical (unpaired) electrons. The van der Waals surface area contributed by atoms with Crippen LogP contribution in [0.3, 0.4) is 0 Å². The second kappa shape index (κ2) is 9.03. The number of carbonyl (C=O) groups is 2. The first-order valence-corrected chi connectivity index (χ1v) is 11.6. The molecule has 1 fully saturated rings. The first kappa shape index (κ1) is 25.5. The number of carbonyl (C=O) groups excluding carboxylic acids is 2. The molecule has 5 rings (SSSR count). The normalized spacial score (nSPS) is 25.9. The highest BCUT2D eigenvalue weighted by molar-refractivity contribution is 5.99. The number of rotatable bonds is 3. The molecule has 202 valence electrons. The van der Waals surface area contributed by atoms with Gasteiger partial charge in [0, 0.05) is 43.0 Å². The standard InChI is InChI=1S/C24H22F4N4O6/c1-10-3-4-24(20(28)22(37-2)30-38-24)16-9-31(10)23(36)17-19(34)18(33)13(8-32(16)17)21(35)29-7-12-14(26)5-11(25)6-15(12)27/h5-6,8,10,16,20,34H,3-4,7,9H2,1-2H3,(H,29,35)/t10-,16?,20+,24+/m0/s1. The van der Waals surface area contributed by atoms with E-state index in [0.717, 1.165) is 10.8 Å². The molecular formula is C24H22F4N4O6. The summed E-state index contributed by atoms with van der Waals surface area (Å²) in [7, 11) is 1.22. The molecule has 2 amide bonds. The topological polar surface area (TPSA) is 122 Å². The average molecular weight is 538 g/mol. The summed E-state index contributed by atoms with van der Waals surface area (Å²) in [6.45, 7) is 0.890. The van der Waals surface area contributed by atoms with Crippen LogP contribution in [0, 0.1) is 17.5 Å². The molecule has 2 bridgehead atoms. The number of alkyl halides is 1. The zero-order valence-corrected chi connectivity index (χ0v) is 20.1. The van der Waals surface area contributed by atoms with E-state index in [1.165, 1.54) is 12.0 Å². The number of oxime groups is 1. The number of pyridine rings is 1. The Balaban J connectivity index is 1.57. The Kier molecular flexibility index (Phi) is 6.07. The number of ether oxygens (including phenoxy) is 1. The molecule has 1 unspecified atom stereocenters. The monoisotopic (exact) mass is 538 g/mol. The number of aromatic nitrogens is 1. The van der Waals surface area contributed by atoms with Gasteiger partial charge in [0.25, 0.3) is 17.7 Å². The minimum Gasteiger partial charge on any atom is -0.503 e. The Bertz CT molecular complexity index is 1420. The minimum atomic E-state index is -1.87. The van der Waals surface area contributed by atoms with Gasteiger partial charge in [0.05, 0.1) is 13.2 Å². The van der Waals surface area contributed by atoms with Crippen LogP contribution in [0.5, 0.6) is 5.75 Å². The van der Waals surface area contributed by atoms with Crippen LogP contribution < -0.4 is 10.7 Å². The number of benzene rings is 1. The van der Waals surface area contributed by atoms with Gasteiger partial charge in [-0.3, -0.25) is 14.4 Å². The van der Waals surface area contributed by atoms with E-state index in [4.69, 9.17) is 9.57 Å². The van der Waals surface area contributed by atoms with E-state index < -0.39 is 87.7 Å². The highest BCUT2D eigenvalue weighted by Gasteiger charge is 2.61. The highest BCUT2D eigenvalue weighted by atomic mass is 19.1. The van der Waals surface area contributed by atoms with Gasteiger partial charge in [0.2, 0.25) is 11.6 Å². The summed E-state index contributed by atoms with van der Waals surface area (Å²) < 4.78 is 63.0. The smallest absolute Gasteiger partial charge is 0.274 e. The van der Waals surface area contributed by atoms with Crippen LogP contribution in [0.25, 0.3) is 0 Å². The first-order valence-electron chi connectivity index (χ1n) is 11.6. The molecule has 3 aliphatic rings. The third kappa shape index (κ3) is 3.69. The minimum absolute atomic E-state index is 0.0805. The predicted octanol–water partition coefficient (Wildman–Crippen LogP) is 2.15. The SMILES string of the molecule is COC1=NO[C@@]2(CC[C@H](C)N3CC2n2cc(C(=O)NCc4c(F)cc(F)cc4F)c(=O)c(O)c2C3=O)[C@@H]1F. The third-order valence-corrected chi connectivity index (χ3v) is 7.36. The molecule has 38 heavy (non-hydrogen) atoms. The molecule has 0 saturated carbocycles. The van der Waals surface area contributed by atoms with Crippen molar-refractivity contribution in [1.82, 2.24) is 14.8 Å². The quantitative estimate of drug-likeness (QED) is 0.578. The molecular weight excluding hydrogens is 516 g/mol. The molecule has 1 aromatic heterocycles. The van der Waals surface area contributed by atoms with Crippen molar-refractivity contribution in [2.75, 3.05) is 13.7 Å². The number of aromatic hydroxyl groups is 1. The molecule has 0 aliphatic carbocycles. The van der Waals surface area contributed by atoms with Gasteiger partial charge in [-0.15, -0.1) is 0 Å². The molecule has 14 heteroatoms. The van der Waals surface area contributed by atoms with E-state index in [2.05, 4.69) is 10.5 Å². The van der Waals surface area contributed by atoms with Gasteiger partial charge in [0.15, 0.2) is 17.0 Å². The number of nitrogens with zero attached hydrogens (tertiary/aromatic N) is 3. The lowest BCUT2D eigenvalue weighted by atomic mass is 9.84. The molecule has 1 saturated heterocycles. The summed E-state index contributed by atoms with van der Waals surface area (Å²) in [4.78, 5) is 46.1. The van der Waals surface area contributed by atoms with Gasteiger partial charge >= 0.3 is 0 Å². The van der Waals surface area contributed by atoms with Crippen LogP contribution in [-0.2, 0) is 16.1 Å². The van der Waals surface area contributed by atoms with E-state index in [0.29, 0.717) is 18.6 Å². The van der Waals surface area contributed by atoms with E-state index >= 15 is 4.39 Å². The maximum absolute atomic E-state index is 15.7. The van der Waals surface area contributed by atoms with E-state index in [9.17, 15) is 32.7 Å². The molecule has 4 heterocycles. The molecule has 3 aliphatic heterocycles. The second-order valence-electron chi connectivity index (χ2n) is 9.41. The fraction of sp³-hybridized carbons (Fsp3) is 0.417. The summed E-state index contributed by atoms with van der Waals surface area (Å²) in [5.41, 5.74) is -4.70. The van der Waals surface area contributed by atoms with Crippen molar-refractivity contribution in [2.24, 2.45) is 5.16 Å². The van der Waals surface area contributed by atoms with Crippen LogP contribution in [0.2, 0.25) is 0 Å². The summed E-state index contributed by atoms with van der Waals surface area (Å²) in [6, 6.07) is -0.589. The molecule has 1 spiro atoms. The maximum atomic E-state index is 15.7. The zero-order valence-electron chi connectivity index (χ0n) is 20.1. The fourth-order valence-corrected chi connectivity index (χ4v) is 5.24. The molecule has 2 N–H and O–H groups in total. The Morgan fingerprint density at radius 3 is 2.61 bits per heavy atom. The van der Waals surface area contributed by atoms with Crippen molar-refractivity contribution in [3.05, 3.63) is 62.8 Å². The first-order chi connectivity index (χ1) is 18.0. The van der Waals surface area contributed by atoms with Gasteiger partial charge < -0.3 is 29.5 Å². The summed E-state index contributed by atoms with van der Waals surface area (Å²) in [5.74, 6) is -6.89. The van der Waals surface area contributed by atoms with Gasteiger partial charge in [-0.25, -0.2) is 17.6 Å². The van der Waals surface area contributed by atoms with Crippen molar-refractivity contribution in [3.63, 3.8) is 0 Å². The fourth-order valence-electron chi connectivity index (χ4n) is 5.24. The second-order valence-corrected chi connectivity index (χ2v) is 9.41. The number of hydrogen-bond donors (Lipinski definition) is 2. The van der Waals surface area contributed by atoms with Crippen molar-refractivity contribution in [3.8, 4) is 5.75 Å². The largest absolute Gasteiger partial charge is 0.503 e. The number of fused-ring (bicyclic) bond motifs is 5. The number of hydrogen-bond acceptors (Lipinski definition) is 7. The predicted molar refractivity (Wildman–Crippen MR) is 122 cm³/mol. The lowest BCUT2D eigenvalue weighted by Crippen LogP contribution is -2.55. The van der Waals surface area contributed by atoms with Crippen molar-refractivity contribution < 1.29 is 41.8 Å². The van der Waals surface area contributed by atoms with Crippen LogP contribution in [0.15, 0.2) is 28.3 Å². The Hall–Kier alpha value is -4.10. The summed E-state index contributed by atoms with van der Waals surface area (Å²) in [5, 5.41) is 16.6. The van der Waals surface area contributed by atoms with Gasteiger partial charge in [0.1, 0.15) is 23.0 Å². The van der Waals surface area contributed by atoms with Crippen LogP contribution >= 0.6 is 0 Å². The van der Waals surface area contributed by atoms with Gasteiger partial charge in [-0.05, 0) is 24.9 Å². The molecule has 2 aromatic rings. The Morgan fingerprint density at radius 1 is 1.29 bits per heavy atom. The molecule has 10 nitrogen and oxygen atoms in total. The van der Waals surface area contributed by atoms with Crippen LogP contribution in [0.4, 0.5) is 17.6 Å². The van der Waals surface area contributed by atoms with Crippen molar-refractivity contribution in [1.29, 1.82) is 0 Å². The molecule has 1 aromatic carbocycles. The van der Waals surface area contributed by atoms with E-state index in [1.807, 2.05) is 0 Å². The number of halogens is 4. The number of nitrogens with one attached hydrogen (secondary N) is 1.